The third-order valence-corrected chi connectivity index (χ3v) is 6.19. The molecule has 34 heavy (non-hydrogen) atoms. The lowest BCUT2D eigenvalue weighted by atomic mass is 10.0. The smallest absolute Gasteiger partial charge is 0.260 e. The fourth-order valence-corrected chi connectivity index (χ4v) is 4.45. The molecule has 1 aliphatic rings. The summed E-state index contributed by atoms with van der Waals surface area (Å²) in [5, 5.41) is 13.8. The van der Waals surface area contributed by atoms with Crippen LogP contribution in [0, 0.1) is 0 Å². The highest BCUT2D eigenvalue weighted by molar-refractivity contribution is 6.15. The minimum atomic E-state index is -0.196. The summed E-state index contributed by atoms with van der Waals surface area (Å²) in [7, 11) is 0. The molecule has 0 aliphatic carbocycles. The summed E-state index contributed by atoms with van der Waals surface area (Å²) in [6, 6.07) is 23.4. The van der Waals surface area contributed by atoms with Gasteiger partial charge in [-0.3, -0.25) is 4.79 Å². The predicted octanol–water partition coefficient (Wildman–Crippen LogP) is 5.94. The zero-order valence-corrected chi connectivity index (χ0v) is 19.3. The third-order valence-electron chi connectivity index (χ3n) is 6.19. The molecule has 0 saturated carbocycles. The molecule has 0 atom stereocenters. The summed E-state index contributed by atoms with van der Waals surface area (Å²) in [6.45, 7) is 4.50. The Kier molecular flexibility index (Phi) is 6.38. The minimum absolute atomic E-state index is 0.196. The molecule has 1 saturated heterocycles. The molecule has 0 spiro atoms. The van der Waals surface area contributed by atoms with Gasteiger partial charge in [-0.2, -0.15) is 0 Å². The average molecular weight is 453 g/mol. The van der Waals surface area contributed by atoms with E-state index in [4.69, 9.17) is 4.74 Å². The molecule has 172 valence electrons. The van der Waals surface area contributed by atoms with Crippen molar-refractivity contribution in [1.29, 1.82) is 0 Å². The van der Waals surface area contributed by atoms with Crippen molar-refractivity contribution in [2.75, 3.05) is 29.9 Å². The second-order valence-electron chi connectivity index (χ2n) is 8.45. The van der Waals surface area contributed by atoms with Crippen LogP contribution in [0.25, 0.3) is 22.0 Å². The van der Waals surface area contributed by atoms with Crippen molar-refractivity contribution >= 4 is 28.2 Å². The van der Waals surface area contributed by atoms with Crippen LogP contribution in [-0.2, 0) is 0 Å². The zero-order valence-electron chi connectivity index (χ0n) is 19.3. The second-order valence-corrected chi connectivity index (χ2v) is 8.45. The molecule has 1 aliphatic heterocycles. The highest BCUT2D eigenvalue weighted by atomic mass is 16.5. The first-order valence-corrected chi connectivity index (χ1v) is 11.9. The number of amides is 1. The van der Waals surface area contributed by atoms with Gasteiger partial charge in [0.15, 0.2) is 5.82 Å². The van der Waals surface area contributed by atoms with E-state index in [1.165, 1.54) is 19.3 Å². The number of fused-ring (bicyclic) bond motifs is 1. The van der Waals surface area contributed by atoms with Crippen molar-refractivity contribution in [2.24, 2.45) is 0 Å². The van der Waals surface area contributed by atoms with Crippen LogP contribution in [0.1, 0.15) is 36.5 Å². The molecule has 5 rings (SSSR count). The van der Waals surface area contributed by atoms with Gasteiger partial charge >= 0.3 is 0 Å². The molecular weight excluding hydrogens is 424 g/mol. The van der Waals surface area contributed by atoms with Crippen molar-refractivity contribution < 1.29 is 9.53 Å². The number of aromatic nitrogens is 2. The Hall–Kier alpha value is -3.93. The summed E-state index contributed by atoms with van der Waals surface area (Å²) < 4.78 is 5.75. The molecule has 1 fully saturated rings. The molecule has 6 nitrogen and oxygen atoms in total. The van der Waals surface area contributed by atoms with E-state index in [-0.39, 0.29) is 5.91 Å². The van der Waals surface area contributed by atoms with Gasteiger partial charge < -0.3 is 15.0 Å². The van der Waals surface area contributed by atoms with Gasteiger partial charge in [0.2, 0.25) is 0 Å². The Balaban J connectivity index is 1.34. The van der Waals surface area contributed by atoms with E-state index in [1.54, 1.807) is 0 Å². The highest BCUT2D eigenvalue weighted by Crippen LogP contribution is 2.29. The second kappa shape index (κ2) is 9.91. The summed E-state index contributed by atoms with van der Waals surface area (Å²) in [5.74, 6) is 1.32. The van der Waals surface area contributed by atoms with E-state index >= 15 is 0 Å². The maximum absolute atomic E-state index is 13.2. The van der Waals surface area contributed by atoms with Gasteiger partial charge in [0.25, 0.3) is 5.91 Å². The van der Waals surface area contributed by atoms with Crippen LogP contribution in [0.2, 0.25) is 0 Å². The number of nitrogens with zero attached hydrogens (tertiary/aromatic N) is 3. The average Bonchev–Trinajstić information content (AvgIpc) is 2.90. The van der Waals surface area contributed by atoms with Crippen LogP contribution in [-0.4, -0.2) is 35.8 Å². The van der Waals surface area contributed by atoms with Crippen LogP contribution in [0.15, 0.2) is 72.8 Å². The lowest BCUT2D eigenvalue weighted by Gasteiger charge is -2.27. The van der Waals surface area contributed by atoms with E-state index in [2.05, 4.69) is 20.4 Å². The van der Waals surface area contributed by atoms with Gasteiger partial charge in [0.05, 0.1) is 17.9 Å². The summed E-state index contributed by atoms with van der Waals surface area (Å²) >= 11 is 0. The van der Waals surface area contributed by atoms with Gasteiger partial charge in [-0.15, -0.1) is 10.2 Å². The number of benzene rings is 3. The number of carbonyl (C=O) groups excluding carboxylic acids is 1. The van der Waals surface area contributed by atoms with Gasteiger partial charge in [0.1, 0.15) is 5.75 Å². The highest BCUT2D eigenvalue weighted by Gasteiger charge is 2.17. The lowest BCUT2D eigenvalue weighted by Crippen LogP contribution is -2.30. The number of rotatable bonds is 6. The molecule has 6 heteroatoms. The number of hydrogen-bond acceptors (Lipinski definition) is 5. The molecule has 1 N–H and O–H groups in total. The van der Waals surface area contributed by atoms with E-state index < -0.39 is 0 Å². The number of anilines is 2. The normalized spacial score (nSPS) is 13.6. The molecule has 2 heterocycles. The van der Waals surface area contributed by atoms with Crippen molar-refractivity contribution in [3.05, 3.63) is 78.4 Å². The standard InChI is InChI=1S/C28H28N4O2/c1-2-34-25-16-12-20-8-4-5-9-23(20)27(25)28(33)29-22-13-10-21(11-14-22)24-15-17-26(31-30-24)32-18-6-3-7-19-32/h4-5,8-17H,2-3,6-7,18-19H2,1H3,(H,29,33). The van der Waals surface area contributed by atoms with Crippen molar-refractivity contribution in [3.8, 4) is 17.0 Å². The number of carbonyl (C=O) groups is 1. The van der Waals surface area contributed by atoms with Crippen LogP contribution < -0.4 is 15.0 Å². The first kappa shape index (κ1) is 21.9. The largest absolute Gasteiger partial charge is 0.493 e. The first-order chi connectivity index (χ1) is 16.7. The lowest BCUT2D eigenvalue weighted by molar-refractivity contribution is 0.102. The Morgan fingerprint density at radius 1 is 0.912 bits per heavy atom. The predicted molar refractivity (Wildman–Crippen MR) is 137 cm³/mol. The molecule has 0 bridgehead atoms. The monoisotopic (exact) mass is 452 g/mol. The summed E-state index contributed by atoms with van der Waals surface area (Å²) in [5.41, 5.74) is 3.02. The zero-order chi connectivity index (χ0) is 23.3. The summed E-state index contributed by atoms with van der Waals surface area (Å²) in [4.78, 5) is 15.5. The molecule has 1 aromatic heterocycles. The summed E-state index contributed by atoms with van der Waals surface area (Å²) in [6.07, 6.45) is 3.71. The molecule has 3 aromatic carbocycles. The van der Waals surface area contributed by atoms with Crippen molar-refractivity contribution in [1.82, 2.24) is 10.2 Å². The van der Waals surface area contributed by atoms with Gasteiger partial charge in [-0.05, 0) is 67.3 Å². The molecule has 0 radical (unpaired) electrons. The minimum Gasteiger partial charge on any atom is -0.493 e. The number of nitrogens with one attached hydrogen (secondary N) is 1. The van der Waals surface area contributed by atoms with E-state index in [0.29, 0.717) is 23.6 Å². The topological polar surface area (TPSA) is 67.3 Å². The Labute approximate surface area is 199 Å². The van der Waals surface area contributed by atoms with E-state index in [1.807, 2.05) is 79.7 Å². The Bertz CT molecular complexity index is 1280. The fourth-order valence-electron chi connectivity index (χ4n) is 4.45. The quantitative estimate of drug-likeness (QED) is 0.392. The van der Waals surface area contributed by atoms with Crippen molar-refractivity contribution in [2.45, 2.75) is 26.2 Å². The van der Waals surface area contributed by atoms with Crippen LogP contribution in [0.3, 0.4) is 0 Å². The number of hydrogen-bond donors (Lipinski definition) is 1. The van der Waals surface area contributed by atoms with E-state index in [9.17, 15) is 4.79 Å². The molecular formula is C28H28N4O2. The van der Waals surface area contributed by atoms with Gasteiger partial charge in [-0.1, -0.05) is 42.5 Å². The number of piperidine rings is 1. The maximum Gasteiger partial charge on any atom is 0.260 e. The number of ether oxygens (including phenoxy) is 1. The maximum atomic E-state index is 13.2. The van der Waals surface area contributed by atoms with Gasteiger partial charge in [-0.25, -0.2) is 0 Å². The van der Waals surface area contributed by atoms with Crippen LogP contribution >= 0.6 is 0 Å². The Morgan fingerprint density at radius 2 is 1.71 bits per heavy atom. The first-order valence-electron chi connectivity index (χ1n) is 11.9. The fraction of sp³-hybridized carbons (Fsp3) is 0.250. The van der Waals surface area contributed by atoms with Crippen LogP contribution in [0.5, 0.6) is 5.75 Å². The van der Waals surface area contributed by atoms with E-state index in [0.717, 1.165) is 40.9 Å². The SMILES string of the molecule is CCOc1ccc2ccccc2c1C(=O)Nc1ccc(-c2ccc(N3CCCCC3)nn2)cc1. The molecule has 0 unspecified atom stereocenters. The van der Waals surface area contributed by atoms with Crippen molar-refractivity contribution in [3.63, 3.8) is 0 Å². The molecule has 4 aromatic rings. The molecule has 1 amide bonds. The third kappa shape index (κ3) is 4.57. The Morgan fingerprint density at radius 3 is 2.44 bits per heavy atom. The van der Waals surface area contributed by atoms with Gasteiger partial charge in [0, 0.05) is 24.3 Å². The van der Waals surface area contributed by atoms with Crippen LogP contribution in [0.4, 0.5) is 11.5 Å².